The molecule has 0 saturated heterocycles. The topological polar surface area (TPSA) is 21.3 Å². The van der Waals surface area contributed by atoms with Gasteiger partial charge in [0.25, 0.3) is 0 Å². The zero-order valence-electron chi connectivity index (χ0n) is 10.7. The molecule has 0 bridgehead atoms. The Hall–Kier alpha value is -0.540. The molecule has 1 N–H and O–H groups in total. The molecule has 2 unspecified atom stereocenters. The molecule has 1 heterocycles. The van der Waals surface area contributed by atoms with Gasteiger partial charge < -0.3 is 10.1 Å². The van der Waals surface area contributed by atoms with Crippen LogP contribution in [0, 0.1) is 6.92 Å². The Balaban J connectivity index is 2.36. The average molecular weight is 298 g/mol. The summed E-state index contributed by atoms with van der Waals surface area (Å²) < 4.78 is 7.24. The van der Waals surface area contributed by atoms with E-state index in [4.69, 9.17) is 4.74 Å². The van der Waals surface area contributed by atoms with Crippen LogP contribution < -0.4 is 10.1 Å². The summed E-state index contributed by atoms with van der Waals surface area (Å²) in [5, 5.41) is 3.60. The Kier molecular flexibility index (Phi) is 4.10. The number of hydrogen-bond acceptors (Lipinski definition) is 2. The Morgan fingerprint density at radius 1 is 1.35 bits per heavy atom. The Bertz CT molecular complexity index is 405. The molecule has 1 aromatic carbocycles. The van der Waals surface area contributed by atoms with E-state index in [1.807, 2.05) is 0 Å². The Labute approximate surface area is 112 Å². The van der Waals surface area contributed by atoms with Crippen LogP contribution in [0.4, 0.5) is 0 Å². The molecule has 0 saturated carbocycles. The van der Waals surface area contributed by atoms with E-state index in [1.54, 1.807) is 0 Å². The summed E-state index contributed by atoms with van der Waals surface area (Å²) >= 11 is 3.65. The number of benzene rings is 1. The van der Waals surface area contributed by atoms with Crippen molar-refractivity contribution in [3.63, 3.8) is 0 Å². The molecule has 2 atom stereocenters. The highest BCUT2D eigenvalue weighted by Gasteiger charge is 2.35. The molecule has 0 amide bonds. The molecule has 0 aromatic heterocycles. The highest BCUT2D eigenvalue weighted by Crippen LogP contribution is 2.44. The molecule has 2 rings (SSSR count). The number of halogens is 1. The van der Waals surface area contributed by atoms with Gasteiger partial charge >= 0.3 is 0 Å². The van der Waals surface area contributed by atoms with E-state index < -0.39 is 0 Å². The highest BCUT2D eigenvalue weighted by molar-refractivity contribution is 9.10. The van der Waals surface area contributed by atoms with Gasteiger partial charge in [0.15, 0.2) is 0 Å². The third-order valence-electron chi connectivity index (χ3n) is 3.31. The molecule has 94 valence electrons. The van der Waals surface area contributed by atoms with Crippen molar-refractivity contribution in [2.24, 2.45) is 0 Å². The van der Waals surface area contributed by atoms with Gasteiger partial charge in [0.05, 0.1) is 6.04 Å². The highest BCUT2D eigenvalue weighted by atomic mass is 79.9. The zero-order chi connectivity index (χ0) is 12.4. The van der Waals surface area contributed by atoms with Crippen molar-refractivity contribution in [2.45, 2.75) is 45.8 Å². The predicted molar refractivity (Wildman–Crippen MR) is 74.6 cm³/mol. The van der Waals surface area contributed by atoms with Gasteiger partial charge in [0, 0.05) is 10.0 Å². The van der Waals surface area contributed by atoms with Crippen LogP contribution in [0.5, 0.6) is 5.75 Å². The van der Waals surface area contributed by atoms with Crippen LogP contribution in [0.15, 0.2) is 16.6 Å². The summed E-state index contributed by atoms with van der Waals surface area (Å²) in [6.45, 7) is 7.51. The molecule has 0 fully saturated rings. The van der Waals surface area contributed by atoms with E-state index >= 15 is 0 Å². The van der Waals surface area contributed by atoms with Gasteiger partial charge in [-0.15, -0.1) is 0 Å². The number of nitrogens with one attached hydrogen (secondary N) is 1. The molecule has 0 aliphatic carbocycles. The van der Waals surface area contributed by atoms with Gasteiger partial charge in [-0.25, -0.2) is 0 Å². The fourth-order valence-corrected chi connectivity index (χ4v) is 2.95. The maximum Gasteiger partial charge on any atom is 0.128 e. The van der Waals surface area contributed by atoms with Crippen molar-refractivity contribution in [3.05, 3.63) is 27.7 Å². The zero-order valence-corrected chi connectivity index (χ0v) is 12.3. The number of aryl methyl sites for hydroxylation is 1. The SMILES string of the molecule is CCCNC1c2c(Br)ccc(C)c2OC1CC. The van der Waals surface area contributed by atoms with Crippen molar-refractivity contribution in [3.8, 4) is 5.75 Å². The van der Waals surface area contributed by atoms with Crippen molar-refractivity contribution in [1.29, 1.82) is 0 Å². The minimum atomic E-state index is 0.258. The van der Waals surface area contributed by atoms with Gasteiger partial charge in [0.1, 0.15) is 11.9 Å². The third-order valence-corrected chi connectivity index (χ3v) is 4.00. The fourth-order valence-electron chi connectivity index (χ4n) is 2.39. The fraction of sp³-hybridized carbons (Fsp3) is 0.571. The van der Waals surface area contributed by atoms with E-state index in [0.29, 0.717) is 6.04 Å². The molecule has 0 radical (unpaired) electrons. The molecule has 1 aliphatic rings. The minimum Gasteiger partial charge on any atom is -0.488 e. The van der Waals surface area contributed by atoms with Crippen LogP contribution in [0.1, 0.15) is 43.9 Å². The average Bonchev–Trinajstić information content (AvgIpc) is 2.71. The lowest BCUT2D eigenvalue weighted by Crippen LogP contribution is -2.31. The Morgan fingerprint density at radius 3 is 2.76 bits per heavy atom. The summed E-state index contributed by atoms with van der Waals surface area (Å²) in [4.78, 5) is 0. The molecule has 17 heavy (non-hydrogen) atoms. The quantitative estimate of drug-likeness (QED) is 0.908. The number of rotatable bonds is 4. The molecule has 2 nitrogen and oxygen atoms in total. The smallest absolute Gasteiger partial charge is 0.128 e. The van der Waals surface area contributed by atoms with Crippen LogP contribution in [0.2, 0.25) is 0 Å². The van der Waals surface area contributed by atoms with Crippen molar-refractivity contribution in [2.75, 3.05) is 6.54 Å². The summed E-state index contributed by atoms with van der Waals surface area (Å²) in [5.74, 6) is 1.07. The summed E-state index contributed by atoms with van der Waals surface area (Å²) in [6.07, 6.45) is 2.43. The molecular weight excluding hydrogens is 278 g/mol. The van der Waals surface area contributed by atoms with E-state index in [9.17, 15) is 0 Å². The van der Waals surface area contributed by atoms with Crippen molar-refractivity contribution in [1.82, 2.24) is 5.32 Å². The first kappa shape index (κ1) is 12.9. The molecule has 1 aliphatic heterocycles. The standard InChI is InChI=1S/C14H20BrNO/c1-4-8-16-13-11(5-2)17-14-9(3)6-7-10(15)12(13)14/h6-7,11,13,16H,4-5,8H2,1-3H3. The first-order valence-electron chi connectivity index (χ1n) is 6.38. The molecular formula is C14H20BrNO. The number of ether oxygens (including phenoxy) is 1. The van der Waals surface area contributed by atoms with E-state index in [-0.39, 0.29) is 6.10 Å². The van der Waals surface area contributed by atoms with Crippen LogP contribution >= 0.6 is 15.9 Å². The maximum absolute atomic E-state index is 6.08. The van der Waals surface area contributed by atoms with Crippen molar-refractivity contribution < 1.29 is 4.74 Å². The number of fused-ring (bicyclic) bond motifs is 1. The van der Waals surface area contributed by atoms with Crippen LogP contribution in [0.25, 0.3) is 0 Å². The second-order valence-corrected chi connectivity index (χ2v) is 5.46. The maximum atomic E-state index is 6.08. The van der Waals surface area contributed by atoms with Crippen LogP contribution in [-0.4, -0.2) is 12.6 Å². The summed E-state index contributed by atoms with van der Waals surface area (Å²) in [6, 6.07) is 4.55. The molecule has 0 spiro atoms. The lowest BCUT2D eigenvalue weighted by atomic mass is 10.0. The van der Waals surface area contributed by atoms with E-state index in [1.165, 1.54) is 11.1 Å². The third kappa shape index (κ3) is 2.36. The van der Waals surface area contributed by atoms with E-state index in [2.05, 4.69) is 54.2 Å². The number of hydrogen-bond donors (Lipinski definition) is 1. The molecule has 3 heteroatoms. The van der Waals surface area contributed by atoms with E-state index in [0.717, 1.165) is 29.6 Å². The van der Waals surface area contributed by atoms with Gasteiger partial charge in [-0.3, -0.25) is 0 Å². The van der Waals surface area contributed by atoms with Crippen LogP contribution in [0.3, 0.4) is 0 Å². The monoisotopic (exact) mass is 297 g/mol. The lowest BCUT2D eigenvalue weighted by molar-refractivity contribution is 0.184. The van der Waals surface area contributed by atoms with Crippen molar-refractivity contribution >= 4 is 15.9 Å². The van der Waals surface area contributed by atoms with Crippen LogP contribution in [-0.2, 0) is 0 Å². The van der Waals surface area contributed by atoms with Gasteiger partial charge in [-0.1, -0.05) is 35.8 Å². The first-order chi connectivity index (χ1) is 8.19. The first-order valence-corrected chi connectivity index (χ1v) is 7.17. The largest absolute Gasteiger partial charge is 0.488 e. The van der Waals surface area contributed by atoms with Gasteiger partial charge in [-0.2, -0.15) is 0 Å². The lowest BCUT2D eigenvalue weighted by Gasteiger charge is -2.19. The van der Waals surface area contributed by atoms with Gasteiger partial charge in [0.2, 0.25) is 0 Å². The second-order valence-electron chi connectivity index (χ2n) is 4.60. The van der Waals surface area contributed by atoms with Gasteiger partial charge in [-0.05, 0) is 37.9 Å². The Morgan fingerprint density at radius 2 is 2.12 bits per heavy atom. The summed E-state index contributed by atoms with van der Waals surface area (Å²) in [7, 11) is 0. The predicted octanol–water partition coefficient (Wildman–Crippen LogP) is 3.97. The normalized spacial score (nSPS) is 22.4. The molecule has 1 aromatic rings. The minimum absolute atomic E-state index is 0.258. The second kappa shape index (κ2) is 5.40. The summed E-state index contributed by atoms with van der Waals surface area (Å²) in [5.41, 5.74) is 2.52.